The van der Waals surface area contributed by atoms with E-state index in [4.69, 9.17) is 5.11 Å². The van der Waals surface area contributed by atoms with Crippen molar-refractivity contribution in [1.82, 2.24) is 4.31 Å². The fourth-order valence-corrected chi connectivity index (χ4v) is 3.09. The molecule has 0 aliphatic heterocycles. The van der Waals surface area contributed by atoms with Crippen LogP contribution in [0.3, 0.4) is 0 Å². The second-order valence-electron chi connectivity index (χ2n) is 3.68. The first kappa shape index (κ1) is 14.1. The van der Waals surface area contributed by atoms with Gasteiger partial charge in [0.05, 0.1) is 0 Å². The van der Waals surface area contributed by atoms with Crippen molar-refractivity contribution in [3.8, 4) is 0 Å². The normalized spacial score (nSPS) is 13.8. The van der Waals surface area contributed by atoms with Gasteiger partial charge in [-0.15, -0.1) is 11.3 Å². The fourth-order valence-electron chi connectivity index (χ4n) is 1.25. The molecular weight excluding hydrogens is 262 g/mol. The molecule has 1 atom stereocenters. The monoisotopic (exact) mass is 277 g/mol. The maximum Gasteiger partial charge on any atom is 0.323 e. The van der Waals surface area contributed by atoms with E-state index >= 15 is 0 Å². The highest BCUT2D eigenvalue weighted by Crippen LogP contribution is 2.12. The molecule has 1 heterocycles. The van der Waals surface area contributed by atoms with Crippen molar-refractivity contribution in [2.45, 2.75) is 18.6 Å². The molecule has 1 N–H and O–H groups in total. The number of sulfonamides is 1. The fraction of sp³-hybridized carbons (Fsp3) is 0.500. The van der Waals surface area contributed by atoms with E-state index in [2.05, 4.69) is 0 Å². The molecule has 0 saturated heterocycles. The summed E-state index contributed by atoms with van der Waals surface area (Å²) >= 11 is 1.55. The number of carboxylic acids is 1. The maximum absolute atomic E-state index is 11.8. The third-order valence-electron chi connectivity index (χ3n) is 2.48. The quantitative estimate of drug-likeness (QED) is 0.842. The molecule has 0 aliphatic rings. The number of thiophene rings is 1. The van der Waals surface area contributed by atoms with Gasteiger partial charge in [-0.25, -0.2) is 12.7 Å². The molecule has 1 aromatic heterocycles. The van der Waals surface area contributed by atoms with Crippen LogP contribution in [0.5, 0.6) is 0 Å². The average molecular weight is 277 g/mol. The Morgan fingerprint density at radius 3 is 2.71 bits per heavy atom. The third kappa shape index (κ3) is 3.52. The van der Waals surface area contributed by atoms with Gasteiger partial charge in [0.1, 0.15) is 0 Å². The molecule has 1 aromatic rings. The van der Waals surface area contributed by atoms with Gasteiger partial charge in [-0.1, -0.05) is 6.07 Å². The Bertz CT molecular complexity index is 467. The van der Waals surface area contributed by atoms with E-state index in [-0.39, 0.29) is 0 Å². The summed E-state index contributed by atoms with van der Waals surface area (Å²) in [7, 11) is -2.35. The van der Waals surface area contributed by atoms with Crippen molar-refractivity contribution in [2.24, 2.45) is 0 Å². The smallest absolute Gasteiger partial charge is 0.323 e. The van der Waals surface area contributed by atoms with Crippen LogP contribution in [0.2, 0.25) is 0 Å². The van der Waals surface area contributed by atoms with Crippen molar-refractivity contribution >= 4 is 27.3 Å². The van der Waals surface area contributed by atoms with Gasteiger partial charge in [0.25, 0.3) is 0 Å². The summed E-state index contributed by atoms with van der Waals surface area (Å²) in [6, 6.07) is 3.82. The molecule has 17 heavy (non-hydrogen) atoms. The van der Waals surface area contributed by atoms with E-state index in [0.29, 0.717) is 13.0 Å². The van der Waals surface area contributed by atoms with Gasteiger partial charge in [0.15, 0.2) is 5.25 Å². The molecule has 96 valence electrons. The first-order chi connectivity index (χ1) is 7.85. The van der Waals surface area contributed by atoms with Crippen LogP contribution in [0, 0.1) is 0 Å². The first-order valence-corrected chi connectivity index (χ1v) is 7.44. The van der Waals surface area contributed by atoms with Crippen molar-refractivity contribution in [1.29, 1.82) is 0 Å². The number of aliphatic carboxylic acids is 1. The van der Waals surface area contributed by atoms with Crippen LogP contribution in [0.25, 0.3) is 0 Å². The number of carboxylic acid groups (broad SMARTS) is 1. The number of likely N-dealkylation sites (N-methyl/N-ethyl adjacent to an activating group) is 1. The summed E-state index contributed by atoms with van der Waals surface area (Å²) in [6.45, 7) is 1.47. The van der Waals surface area contributed by atoms with Gasteiger partial charge in [0.2, 0.25) is 10.0 Å². The van der Waals surface area contributed by atoms with Crippen LogP contribution in [0.1, 0.15) is 11.8 Å². The van der Waals surface area contributed by atoms with Crippen LogP contribution in [-0.4, -0.2) is 42.6 Å². The Kier molecular flexibility index (Phi) is 4.67. The first-order valence-electron chi connectivity index (χ1n) is 5.06. The SMILES string of the molecule is CC(C(=O)O)S(=O)(=O)N(C)CCc1cccs1. The van der Waals surface area contributed by atoms with E-state index < -0.39 is 21.2 Å². The highest BCUT2D eigenvalue weighted by atomic mass is 32.2. The van der Waals surface area contributed by atoms with Gasteiger partial charge < -0.3 is 5.11 Å². The molecule has 1 rings (SSSR count). The summed E-state index contributed by atoms with van der Waals surface area (Å²) in [5, 5.41) is 9.23. The molecule has 0 aliphatic carbocycles. The third-order valence-corrected chi connectivity index (χ3v) is 5.56. The van der Waals surface area contributed by atoms with Gasteiger partial charge in [-0.05, 0) is 24.8 Å². The van der Waals surface area contributed by atoms with Crippen molar-refractivity contribution in [2.75, 3.05) is 13.6 Å². The van der Waals surface area contributed by atoms with E-state index in [1.165, 1.54) is 14.0 Å². The minimum absolute atomic E-state index is 0.292. The standard InChI is InChI=1S/C10H15NO4S2/c1-8(10(12)13)17(14,15)11(2)6-5-9-4-3-7-16-9/h3-4,7-8H,5-6H2,1-2H3,(H,12,13). The van der Waals surface area contributed by atoms with Gasteiger partial charge in [-0.2, -0.15) is 0 Å². The minimum atomic E-state index is -3.75. The summed E-state index contributed by atoms with van der Waals surface area (Å²) in [5.41, 5.74) is 0. The van der Waals surface area contributed by atoms with Gasteiger partial charge in [-0.3, -0.25) is 4.79 Å². The Hall–Kier alpha value is -0.920. The Morgan fingerprint density at radius 1 is 1.59 bits per heavy atom. The minimum Gasteiger partial charge on any atom is -0.480 e. The van der Waals surface area contributed by atoms with E-state index in [0.717, 1.165) is 9.18 Å². The maximum atomic E-state index is 11.8. The van der Waals surface area contributed by atoms with Gasteiger partial charge >= 0.3 is 5.97 Å². The average Bonchev–Trinajstić information content (AvgIpc) is 2.77. The van der Waals surface area contributed by atoms with Crippen LogP contribution in [0.4, 0.5) is 0 Å². The van der Waals surface area contributed by atoms with Crippen LogP contribution < -0.4 is 0 Å². The molecule has 0 aromatic carbocycles. The summed E-state index contributed by atoms with van der Waals surface area (Å²) in [6.07, 6.45) is 0.597. The summed E-state index contributed by atoms with van der Waals surface area (Å²) in [5.74, 6) is -1.33. The molecule has 1 unspecified atom stereocenters. The molecular formula is C10H15NO4S2. The Labute approximate surface area is 105 Å². The summed E-state index contributed by atoms with van der Waals surface area (Å²) < 4.78 is 24.7. The largest absolute Gasteiger partial charge is 0.480 e. The van der Waals surface area contributed by atoms with E-state index in [1.54, 1.807) is 11.3 Å². The molecule has 0 bridgehead atoms. The van der Waals surface area contributed by atoms with Crippen molar-refractivity contribution < 1.29 is 18.3 Å². The number of rotatable bonds is 6. The zero-order valence-electron chi connectivity index (χ0n) is 9.66. The number of carbonyl (C=O) groups is 1. The lowest BCUT2D eigenvalue weighted by Gasteiger charge is -2.19. The lowest BCUT2D eigenvalue weighted by atomic mass is 10.3. The second-order valence-corrected chi connectivity index (χ2v) is 7.07. The molecule has 0 spiro atoms. The predicted molar refractivity (Wildman–Crippen MR) is 66.7 cm³/mol. The second kappa shape index (κ2) is 5.61. The zero-order valence-corrected chi connectivity index (χ0v) is 11.3. The highest BCUT2D eigenvalue weighted by molar-refractivity contribution is 7.90. The lowest BCUT2D eigenvalue weighted by Crippen LogP contribution is -2.39. The Balaban J connectivity index is 2.63. The van der Waals surface area contributed by atoms with E-state index in [1.807, 2.05) is 17.5 Å². The Morgan fingerprint density at radius 2 is 2.24 bits per heavy atom. The van der Waals surface area contributed by atoms with Crippen LogP contribution in [-0.2, 0) is 21.2 Å². The predicted octanol–water partition coefficient (Wildman–Crippen LogP) is 1.03. The van der Waals surface area contributed by atoms with E-state index in [9.17, 15) is 13.2 Å². The molecule has 7 heteroatoms. The molecule has 0 saturated carbocycles. The van der Waals surface area contributed by atoms with Gasteiger partial charge in [0, 0.05) is 18.5 Å². The zero-order chi connectivity index (χ0) is 13.1. The van der Waals surface area contributed by atoms with Crippen molar-refractivity contribution in [3.05, 3.63) is 22.4 Å². The molecule has 0 radical (unpaired) electrons. The summed E-state index contributed by atoms with van der Waals surface area (Å²) in [4.78, 5) is 11.8. The molecule has 5 nitrogen and oxygen atoms in total. The highest BCUT2D eigenvalue weighted by Gasteiger charge is 2.31. The molecule has 0 fully saturated rings. The van der Waals surface area contributed by atoms with Crippen LogP contribution in [0.15, 0.2) is 17.5 Å². The topological polar surface area (TPSA) is 74.7 Å². The lowest BCUT2D eigenvalue weighted by molar-refractivity contribution is -0.136. The number of hydrogen-bond acceptors (Lipinski definition) is 4. The van der Waals surface area contributed by atoms with Crippen molar-refractivity contribution in [3.63, 3.8) is 0 Å². The number of hydrogen-bond donors (Lipinski definition) is 1. The molecule has 0 amide bonds. The van der Waals surface area contributed by atoms with Crippen LogP contribution >= 0.6 is 11.3 Å². The number of nitrogens with zero attached hydrogens (tertiary/aromatic N) is 1.